The van der Waals surface area contributed by atoms with Crippen LogP contribution in [0.1, 0.15) is 19.8 Å². The van der Waals surface area contributed by atoms with E-state index in [1.165, 1.54) is 36.4 Å². The van der Waals surface area contributed by atoms with Crippen molar-refractivity contribution in [1.82, 2.24) is 9.62 Å². The van der Waals surface area contributed by atoms with Gasteiger partial charge >= 0.3 is 6.03 Å². The SMILES string of the molecule is CCOc1ccc(S(=O)(=O)NCC2CCN(C(=O)Nc3ccc(F)cc3)CC2)cc1. The second-order valence-electron chi connectivity index (χ2n) is 7.12. The molecule has 30 heavy (non-hydrogen) atoms. The number of nitrogens with zero attached hydrogens (tertiary/aromatic N) is 1. The van der Waals surface area contributed by atoms with E-state index >= 15 is 0 Å². The molecule has 3 rings (SSSR count). The third-order valence-electron chi connectivity index (χ3n) is 5.00. The predicted octanol–water partition coefficient (Wildman–Crippen LogP) is 3.45. The number of likely N-dealkylation sites (tertiary alicyclic amines) is 1. The van der Waals surface area contributed by atoms with E-state index in [1.807, 2.05) is 6.92 Å². The summed E-state index contributed by atoms with van der Waals surface area (Å²) in [5.41, 5.74) is 0.534. The molecule has 0 atom stereocenters. The first-order chi connectivity index (χ1) is 14.4. The average Bonchev–Trinajstić information content (AvgIpc) is 2.75. The molecule has 0 unspecified atom stereocenters. The van der Waals surface area contributed by atoms with Gasteiger partial charge in [-0.1, -0.05) is 0 Å². The first-order valence-corrected chi connectivity index (χ1v) is 11.4. The highest BCUT2D eigenvalue weighted by molar-refractivity contribution is 7.89. The largest absolute Gasteiger partial charge is 0.494 e. The van der Waals surface area contributed by atoms with Gasteiger partial charge in [0.2, 0.25) is 10.0 Å². The van der Waals surface area contributed by atoms with Gasteiger partial charge in [-0.25, -0.2) is 22.3 Å². The Morgan fingerprint density at radius 3 is 2.33 bits per heavy atom. The Balaban J connectivity index is 1.46. The van der Waals surface area contributed by atoms with E-state index in [-0.39, 0.29) is 22.7 Å². The van der Waals surface area contributed by atoms with Crippen LogP contribution >= 0.6 is 0 Å². The molecule has 1 fully saturated rings. The van der Waals surface area contributed by atoms with Crippen molar-refractivity contribution in [3.8, 4) is 5.75 Å². The number of amides is 2. The summed E-state index contributed by atoms with van der Waals surface area (Å²) >= 11 is 0. The molecule has 0 spiro atoms. The molecule has 0 aliphatic carbocycles. The number of carbonyl (C=O) groups excluding carboxylic acids is 1. The Hall–Kier alpha value is -2.65. The molecule has 9 heteroatoms. The standard InChI is InChI=1S/C21H26FN3O4S/c1-2-29-19-7-9-20(10-8-19)30(27,28)23-15-16-11-13-25(14-12-16)21(26)24-18-5-3-17(22)4-6-18/h3-10,16,23H,2,11-15H2,1H3,(H,24,26). The van der Waals surface area contributed by atoms with Crippen molar-refractivity contribution < 1.29 is 22.3 Å². The Bertz CT molecular complexity index is 941. The van der Waals surface area contributed by atoms with E-state index in [4.69, 9.17) is 4.74 Å². The van der Waals surface area contributed by atoms with Crippen LogP contribution in [0.4, 0.5) is 14.9 Å². The molecule has 1 aliphatic heterocycles. The molecule has 0 aromatic heterocycles. The molecule has 0 saturated carbocycles. The Morgan fingerprint density at radius 2 is 1.73 bits per heavy atom. The third kappa shape index (κ3) is 5.93. The lowest BCUT2D eigenvalue weighted by Crippen LogP contribution is -2.43. The fourth-order valence-corrected chi connectivity index (χ4v) is 4.38. The number of carbonyl (C=O) groups is 1. The normalized spacial score (nSPS) is 15.1. The number of urea groups is 1. The van der Waals surface area contributed by atoms with Gasteiger partial charge in [-0.2, -0.15) is 0 Å². The first kappa shape index (κ1) is 22.0. The Morgan fingerprint density at radius 1 is 1.10 bits per heavy atom. The molecule has 1 saturated heterocycles. The fraction of sp³-hybridized carbons (Fsp3) is 0.381. The number of piperidine rings is 1. The van der Waals surface area contributed by atoms with Crippen molar-refractivity contribution in [3.63, 3.8) is 0 Å². The fourth-order valence-electron chi connectivity index (χ4n) is 3.27. The van der Waals surface area contributed by atoms with Crippen molar-refractivity contribution >= 4 is 21.7 Å². The number of sulfonamides is 1. The number of anilines is 1. The van der Waals surface area contributed by atoms with E-state index in [2.05, 4.69) is 10.0 Å². The minimum absolute atomic E-state index is 0.150. The predicted molar refractivity (Wildman–Crippen MR) is 113 cm³/mol. The van der Waals surface area contributed by atoms with Gasteiger partial charge in [-0.15, -0.1) is 0 Å². The molecule has 7 nitrogen and oxygen atoms in total. The van der Waals surface area contributed by atoms with Crippen molar-refractivity contribution in [2.45, 2.75) is 24.7 Å². The van der Waals surface area contributed by atoms with Crippen LogP contribution in [-0.4, -0.2) is 45.6 Å². The number of ether oxygens (including phenoxy) is 1. The van der Waals surface area contributed by atoms with E-state index in [0.717, 1.165) is 0 Å². The van der Waals surface area contributed by atoms with Crippen molar-refractivity contribution in [3.05, 3.63) is 54.3 Å². The maximum Gasteiger partial charge on any atom is 0.321 e. The highest BCUT2D eigenvalue weighted by Crippen LogP contribution is 2.20. The molecule has 0 bridgehead atoms. The zero-order valence-electron chi connectivity index (χ0n) is 16.8. The third-order valence-corrected chi connectivity index (χ3v) is 6.44. The van der Waals surface area contributed by atoms with Crippen LogP contribution in [0.3, 0.4) is 0 Å². The molecular weight excluding hydrogens is 409 g/mol. The van der Waals surface area contributed by atoms with Crippen LogP contribution in [0.15, 0.2) is 53.4 Å². The summed E-state index contributed by atoms with van der Waals surface area (Å²) < 4.78 is 45.9. The van der Waals surface area contributed by atoms with Crippen molar-refractivity contribution in [2.75, 3.05) is 31.6 Å². The lowest BCUT2D eigenvalue weighted by atomic mass is 9.97. The lowest BCUT2D eigenvalue weighted by Gasteiger charge is -2.32. The summed E-state index contributed by atoms with van der Waals surface area (Å²) in [4.78, 5) is 14.2. The molecule has 1 aliphatic rings. The van der Waals surface area contributed by atoms with Gasteiger partial charge in [0.05, 0.1) is 11.5 Å². The number of halogens is 1. The number of hydrogen-bond donors (Lipinski definition) is 2. The van der Waals surface area contributed by atoms with Gasteiger partial charge in [-0.3, -0.25) is 0 Å². The van der Waals surface area contributed by atoms with E-state index in [0.29, 0.717) is 50.5 Å². The zero-order valence-corrected chi connectivity index (χ0v) is 17.6. The Kier molecular flexibility index (Phi) is 7.28. The average molecular weight is 436 g/mol. The second kappa shape index (κ2) is 9.90. The van der Waals surface area contributed by atoms with Crippen LogP contribution in [0.25, 0.3) is 0 Å². The maximum atomic E-state index is 13.0. The minimum atomic E-state index is -3.59. The molecular formula is C21H26FN3O4S. The monoisotopic (exact) mass is 435 g/mol. The van der Waals surface area contributed by atoms with E-state index < -0.39 is 10.0 Å². The molecule has 162 valence electrons. The van der Waals surface area contributed by atoms with E-state index in [1.54, 1.807) is 17.0 Å². The highest BCUT2D eigenvalue weighted by Gasteiger charge is 2.24. The van der Waals surface area contributed by atoms with Crippen molar-refractivity contribution in [1.29, 1.82) is 0 Å². The number of hydrogen-bond acceptors (Lipinski definition) is 4. The number of rotatable bonds is 7. The summed E-state index contributed by atoms with van der Waals surface area (Å²) in [5.74, 6) is 0.418. The summed E-state index contributed by atoms with van der Waals surface area (Å²) in [5, 5.41) is 2.74. The second-order valence-corrected chi connectivity index (χ2v) is 8.89. The quantitative estimate of drug-likeness (QED) is 0.697. The van der Waals surface area contributed by atoms with Gasteiger partial charge in [0.15, 0.2) is 0 Å². The molecule has 2 aromatic carbocycles. The van der Waals surface area contributed by atoms with Gasteiger partial charge in [-0.05, 0) is 74.2 Å². The topological polar surface area (TPSA) is 87.7 Å². The van der Waals surface area contributed by atoms with Crippen LogP contribution in [0, 0.1) is 11.7 Å². The summed E-state index contributed by atoms with van der Waals surface area (Å²) in [6.07, 6.45) is 1.39. The van der Waals surface area contributed by atoms with Crippen LogP contribution in [0.5, 0.6) is 5.75 Å². The molecule has 2 amide bonds. The van der Waals surface area contributed by atoms with Crippen LogP contribution in [-0.2, 0) is 10.0 Å². The van der Waals surface area contributed by atoms with Gasteiger partial charge in [0.25, 0.3) is 0 Å². The summed E-state index contributed by atoms with van der Waals surface area (Å²) in [6.45, 7) is 3.77. The van der Waals surface area contributed by atoms with Gasteiger partial charge in [0.1, 0.15) is 11.6 Å². The first-order valence-electron chi connectivity index (χ1n) is 9.91. The summed E-state index contributed by atoms with van der Waals surface area (Å²) in [7, 11) is -3.59. The minimum Gasteiger partial charge on any atom is -0.494 e. The summed E-state index contributed by atoms with van der Waals surface area (Å²) in [6, 6.07) is 11.7. The smallest absolute Gasteiger partial charge is 0.321 e. The molecule has 2 aromatic rings. The molecule has 0 radical (unpaired) electrons. The van der Waals surface area contributed by atoms with Gasteiger partial charge in [0, 0.05) is 25.3 Å². The Labute approximate surface area is 176 Å². The van der Waals surface area contributed by atoms with Gasteiger partial charge < -0.3 is 15.0 Å². The molecule has 2 N–H and O–H groups in total. The maximum absolute atomic E-state index is 13.0. The zero-order chi connectivity index (χ0) is 21.6. The van der Waals surface area contributed by atoms with Crippen LogP contribution in [0.2, 0.25) is 0 Å². The lowest BCUT2D eigenvalue weighted by molar-refractivity contribution is 0.183. The van der Waals surface area contributed by atoms with Crippen LogP contribution < -0.4 is 14.8 Å². The van der Waals surface area contributed by atoms with E-state index in [9.17, 15) is 17.6 Å². The van der Waals surface area contributed by atoms with Crippen molar-refractivity contribution in [2.24, 2.45) is 5.92 Å². The number of benzene rings is 2. The molecule has 1 heterocycles. The highest BCUT2D eigenvalue weighted by atomic mass is 32.2. The number of nitrogens with one attached hydrogen (secondary N) is 2.